The normalized spacial score (nSPS) is 15.8. The fourth-order valence-corrected chi connectivity index (χ4v) is 1.68. The summed E-state index contributed by atoms with van der Waals surface area (Å²) in [6.07, 6.45) is 0.958. The molecule has 0 heterocycles. The third-order valence-corrected chi connectivity index (χ3v) is 4.79. The molecule has 0 aliphatic carbocycles. The Morgan fingerprint density at radius 2 is 1.40 bits per heavy atom. The minimum absolute atomic E-state index is 0.0583. The summed E-state index contributed by atoms with van der Waals surface area (Å²) in [6, 6.07) is 0. The van der Waals surface area contributed by atoms with Crippen LogP contribution in [0.2, 0.25) is 0 Å². The van der Waals surface area contributed by atoms with Gasteiger partial charge < -0.3 is 9.47 Å². The molecule has 0 rings (SSSR count). The van der Waals surface area contributed by atoms with Crippen LogP contribution in [0.5, 0.6) is 0 Å². The Labute approximate surface area is 132 Å². The molecular formula is C17H36O2S. The summed E-state index contributed by atoms with van der Waals surface area (Å²) >= 11 is 4.39. The number of hydrogen-bond donors (Lipinski definition) is 1. The van der Waals surface area contributed by atoms with Crippen molar-refractivity contribution in [2.24, 2.45) is 17.3 Å². The fourth-order valence-electron chi connectivity index (χ4n) is 1.58. The topological polar surface area (TPSA) is 18.5 Å². The van der Waals surface area contributed by atoms with Crippen molar-refractivity contribution in [1.82, 2.24) is 0 Å². The van der Waals surface area contributed by atoms with E-state index in [1.54, 1.807) is 0 Å². The van der Waals surface area contributed by atoms with E-state index in [1.807, 2.05) is 13.8 Å². The Kier molecular flexibility index (Phi) is 7.61. The zero-order chi connectivity index (χ0) is 16.2. The number of hydrogen-bond acceptors (Lipinski definition) is 3. The highest BCUT2D eigenvalue weighted by molar-refractivity contribution is 7.81. The largest absolute Gasteiger partial charge is 0.375 e. The Balaban J connectivity index is 4.41. The van der Waals surface area contributed by atoms with Crippen LogP contribution in [0.1, 0.15) is 68.7 Å². The molecule has 0 saturated carbocycles. The number of thiol groups is 1. The van der Waals surface area contributed by atoms with E-state index in [0.29, 0.717) is 18.4 Å². The predicted octanol–water partition coefficient (Wildman–Crippen LogP) is 5.17. The van der Waals surface area contributed by atoms with Crippen molar-refractivity contribution in [1.29, 1.82) is 0 Å². The standard InChI is InChI=1S/C17H36O2S/c1-13(2)14(3)12-19-16(6,7)15(4,5)10-11-18-17(8,9)20/h13-14,20H,10-12H2,1-9H3. The molecule has 0 aromatic heterocycles. The van der Waals surface area contributed by atoms with Crippen LogP contribution in [0, 0.1) is 17.3 Å². The molecule has 0 aliphatic heterocycles. The van der Waals surface area contributed by atoms with Crippen molar-refractivity contribution in [3.8, 4) is 0 Å². The maximum atomic E-state index is 6.23. The lowest BCUT2D eigenvalue weighted by Gasteiger charge is -2.42. The van der Waals surface area contributed by atoms with Gasteiger partial charge in [-0.15, -0.1) is 12.6 Å². The van der Waals surface area contributed by atoms with Gasteiger partial charge >= 0.3 is 0 Å². The first-order valence-electron chi connectivity index (χ1n) is 7.79. The van der Waals surface area contributed by atoms with Crippen LogP contribution in [0.25, 0.3) is 0 Å². The van der Waals surface area contributed by atoms with E-state index in [0.717, 1.165) is 13.0 Å². The lowest BCUT2D eigenvalue weighted by molar-refractivity contribution is -0.121. The molecule has 2 nitrogen and oxygen atoms in total. The van der Waals surface area contributed by atoms with E-state index in [4.69, 9.17) is 9.47 Å². The van der Waals surface area contributed by atoms with Gasteiger partial charge in [-0.1, -0.05) is 34.6 Å². The smallest absolute Gasteiger partial charge is 0.105 e. The molecule has 0 saturated heterocycles. The molecule has 0 amide bonds. The Morgan fingerprint density at radius 3 is 1.80 bits per heavy atom. The second-order valence-electron chi connectivity index (χ2n) is 7.97. The van der Waals surface area contributed by atoms with Gasteiger partial charge in [-0.05, 0) is 51.4 Å². The summed E-state index contributed by atoms with van der Waals surface area (Å²) < 4.78 is 12.0. The van der Waals surface area contributed by atoms with E-state index in [2.05, 4.69) is 61.1 Å². The highest BCUT2D eigenvalue weighted by atomic mass is 32.1. The highest BCUT2D eigenvalue weighted by Gasteiger charge is 2.38. The van der Waals surface area contributed by atoms with Gasteiger partial charge in [0, 0.05) is 6.61 Å². The van der Waals surface area contributed by atoms with Gasteiger partial charge in [-0.3, -0.25) is 0 Å². The fraction of sp³-hybridized carbons (Fsp3) is 1.00. The zero-order valence-corrected chi connectivity index (χ0v) is 15.9. The average molecular weight is 305 g/mol. The summed E-state index contributed by atoms with van der Waals surface area (Å²) in [5, 5.41) is 0. The third kappa shape index (κ3) is 7.33. The van der Waals surface area contributed by atoms with Crippen molar-refractivity contribution >= 4 is 12.6 Å². The number of rotatable bonds is 9. The molecule has 0 radical (unpaired) electrons. The summed E-state index contributed by atoms with van der Waals surface area (Å²) in [4.78, 5) is -0.368. The summed E-state index contributed by atoms with van der Waals surface area (Å²) in [5.74, 6) is 1.24. The van der Waals surface area contributed by atoms with Crippen molar-refractivity contribution in [2.75, 3.05) is 13.2 Å². The molecule has 0 N–H and O–H groups in total. The number of ether oxygens (including phenoxy) is 2. The van der Waals surface area contributed by atoms with Crippen LogP contribution in [-0.4, -0.2) is 23.7 Å². The molecule has 0 bridgehead atoms. The van der Waals surface area contributed by atoms with Crippen LogP contribution in [0.3, 0.4) is 0 Å². The van der Waals surface area contributed by atoms with Gasteiger partial charge in [0.25, 0.3) is 0 Å². The van der Waals surface area contributed by atoms with Crippen molar-refractivity contribution in [3.05, 3.63) is 0 Å². The Morgan fingerprint density at radius 1 is 0.900 bits per heavy atom. The summed E-state index contributed by atoms with van der Waals surface area (Å²) in [5.41, 5.74) is -0.108. The molecule has 3 heteroatoms. The molecule has 0 fully saturated rings. The van der Waals surface area contributed by atoms with Gasteiger partial charge in [0.1, 0.15) is 4.93 Å². The lowest BCUT2D eigenvalue weighted by atomic mass is 9.74. The van der Waals surface area contributed by atoms with Crippen molar-refractivity contribution in [3.63, 3.8) is 0 Å². The van der Waals surface area contributed by atoms with Gasteiger partial charge in [0.05, 0.1) is 12.2 Å². The van der Waals surface area contributed by atoms with Gasteiger partial charge in [0.15, 0.2) is 0 Å². The van der Waals surface area contributed by atoms with E-state index in [9.17, 15) is 0 Å². The Hall–Kier alpha value is 0.270. The first kappa shape index (κ1) is 20.3. The van der Waals surface area contributed by atoms with Crippen LogP contribution >= 0.6 is 12.6 Å². The van der Waals surface area contributed by atoms with E-state index in [1.165, 1.54) is 0 Å². The molecule has 122 valence electrons. The minimum Gasteiger partial charge on any atom is -0.375 e. The molecule has 1 atom stereocenters. The van der Waals surface area contributed by atoms with Crippen LogP contribution in [0.4, 0.5) is 0 Å². The van der Waals surface area contributed by atoms with Crippen molar-refractivity contribution in [2.45, 2.75) is 79.3 Å². The monoisotopic (exact) mass is 304 g/mol. The maximum Gasteiger partial charge on any atom is 0.105 e. The van der Waals surface area contributed by atoms with Crippen LogP contribution in [-0.2, 0) is 9.47 Å². The van der Waals surface area contributed by atoms with Crippen LogP contribution < -0.4 is 0 Å². The predicted molar refractivity (Wildman–Crippen MR) is 91.4 cm³/mol. The first-order chi connectivity index (χ1) is 8.78. The van der Waals surface area contributed by atoms with Crippen molar-refractivity contribution < 1.29 is 9.47 Å². The SMILES string of the molecule is CC(C)C(C)COC(C)(C)C(C)(C)CCOC(C)(C)S. The second kappa shape index (κ2) is 7.51. The van der Waals surface area contributed by atoms with Gasteiger partial charge in [-0.2, -0.15) is 0 Å². The van der Waals surface area contributed by atoms with E-state index >= 15 is 0 Å². The molecule has 0 aliphatic rings. The third-order valence-electron chi connectivity index (χ3n) is 4.66. The maximum absolute atomic E-state index is 6.23. The second-order valence-corrected chi connectivity index (χ2v) is 9.05. The molecule has 0 aromatic rings. The average Bonchev–Trinajstić information content (AvgIpc) is 2.23. The van der Waals surface area contributed by atoms with Crippen LogP contribution in [0.15, 0.2) is 0 Å². The quantitative estimate of drug-likeness (QED) is 0.468. The van der Waals surface area contributed by atoms with E-state index < -0.39 is 0 Å². The summed E-state index contributed by atoms with van der Waals surface area (Å²) in [6.45, 7) is 21.1. The highest BCUT2D eigenvalue weighted by Crippen LogP contribution is 2.38. The zero-order valence-electron chi connectivity index (χ0n) is 15.0. The molecule has 20 heavy (non-hydrogen) atoms. The van der Waals surface area contributed by atoms with Gasteiger partial charge in [0.2, 0.25) is 0 Å². The molecule has 0 aromatic carbocycles. The molecule has 1 unspecified atom stereocenters. The van der Waals surface area contributed by atoms with Gasteiger partial charge in [-0.25, -0.2) is 0 Å². The molecule has 0 spiro atoms. The Bertz CT molecular complexity index is 277. The minimum atomic E-state index is -0.368. The first-order valence-corrected chi connectivity index (χ1v) is 8.23. The summed E-state index contributed by atoms with van der Waals surface area (Å²) in [7, 11) is 0. The molecular weight excluding hydrogens is 268 g/mol. The lowest BCUT2D eigenvalue weighted by Crippen LogP contribution is -2.43. The van der Waals surface area contributed by atoms with E-state index in [-0.39, 0.29) is 15.9 Å².